The Bertz CT molecular complexity index is 194. The Morgan fingerprint density at radius 1 is 1.31 bits per heavy atom. The van der Waals surface area contributed by atoms with Crippen molar-refractivity contribution in [3.63, 3.8) is 0 Å². The molecule has 0 aromatic carbocycles. The molecule has 2 heteroatoms. The molecule has 0 aromatic heterocycles. The van der Waals surface area contributed by atoms with Gasteiger partial charge < -0.3 is 0 Å². The van der Waals surface area contributed by atoms with Crippen LogP contribution < -0.4 is 0 Å². The maximum atomic E-state index is 4.59. The van der Waals surface area contributed by atoms with E-state index in [4.69, 9.17) is 0 Å². The van der Waals surface area contributed by atoms with E-state index in [-0.39, 0.29) is 0 Å². The Kier molecular flexibility index (Phi) is 3.31. The predicted octanol–water partition coefficient (Wildman–Crippen LogP) is 3.35. The monoisotopic (exact) mass is 197 g/mol. The highest BCUT2D eigenvalue weighted by Gasteiger charge is 2.25. The van der Waals surface area contributed by atoms with E-state index in [2.05, 4.69) is 11.9 Å². The first-order chi connectivity index (χ1) is 6.38. The summed E-state index contributed by atoms with van der Waals surface area (Å²) in [4.78, 5) is 4.59. The molecule has 2 rings (SSSR count). The molecule has 13 heavy (non-hydrogen) atoms. The lowest BCUT2D eigenvalue weighted by Crippen LogP contribution is -2.20. The molecule has 1 aliphatic carbocycles. The minimum atomic E-state index is 0.757. The molecule has 0 radical (unpaired) electrons. The fraction of sp³-hybridized carbons (Fsp3) is 0.909. The number of rotatable bonds is 2. The molecule has 1 nitrogen and oxygen atoms in total. The van der Waals surface area contributed by atoms with Crippen molar-refractivity contribution in [3.8, 4) is 0 Å². The lowest BCUT2D eigenvalue weighted by atomic mass is 9.81. The molecule has 0 bridgehead atoms. The van der Waals surface area contributed by atoms with Gasteiger partial charge in [0.1, 0.15) is 0 Å². The summed E-state index contributed by atoms with van der Waals surface area (Å²) in [6, 6.07) is 0. The number of thioether (sulfide) groups is 1. The minimum absolute atomic E-state index is 0.757. The zero-order chi connectivity index (χ0) is 9.10. The second-order valence-electron chi connectivity index (χ2n) is 4.26. The normalized spacial score (nSPS) is 27.3. The van der Waals surface area contributed by atoms with Crippen LogP contribution in [0.15, 0.2) is 4.99 Å². The van der Waals surface area contributed by atoms with Crippen molar-refractivity contribution in [3.05, 3.63) is 0 Å². The fourth-order valence-corrected chi connectivity index (χ4v) is 3.49. The van der Waals surface area contributed by atoms with Crippen LogP contribution in [0.5, 0.6) is 0 Å². The standard InChI is InChI=1S/C11H19NS/c1-9(11-12-7-8-13-11)10-5-3-2-4-6-10/h9-10H,2-8H2,1H3. The summed E-state index contributed by atoms with van der Waals surface area (Å²) in [7, 11) is 0. The van der Waals surface area contributed by atoms with Gasteiger partial charge in [0.25, 0.3) is 0 Å². The Morgan fingerprint density at radius 3 is 2.69 bits per heavy atom. The van der Waals surface area contributed by atoms with Crippen LogP contribution in [-0.4, -0.2) is 17.3 Å². The van der Waals surface area contributed by atoms with Gasteiger partial charge in [-0.3, -0.25) is 4.99 Å². The van der Waals surface area contributed by atoms with Crippen molar-refractivity contribution in [2.24, 2.45) is 16.8 Å². The van der Waals surface area contributed by atoms with Gasteiger partial charge in [-0.15, -0.1) is 11.8 Å². The third-order valence-corrected chi connectivity index (χ3v) is 4.54. The summed E-state index contributed by atoms with van der Waals surface area (Å²) in [6.45, 7) is 3.45. The molecule has 1 atom stereocenters. The third kappa shape index (κ3) is 2.28. The third-order valence-electron chi connectivity index (χ3n) is 3.36. The van der Waals surface area contributed by atoms with Gasteiger partial charge in [0.15, 0.2) is 0 Å². The van der Waals surface area contributed by atoms with Gasteiger partial charge in [-0.1, -0.05) is 26.2 Å². The minimum Gasteiger partial charge on any atom is -0.282 e. The lowest BCUT2D eigenvalue weighted by molar-refractivity contribution is 0.314. The van der Waals surface area contributed by atoms with E-state index in [0.717, 1.165) is 18.4 Å². The second kappa shape index (κ2) is 4.50. The van der Waals surface area contributed by atoms with Crippen LogP contribution in [0.1, 0.15) is 39.0 Å². The van der Waals surface area contributed by atoms with Crippen LogP contribution >= 0.6 is 11.8 Å². The molecule has 0 saturated heterocycles. The molecule has 74 valence electrons. The highest BCUT2D eigenvalue weighted by Crippen LogP contribution is 2.34. The molecule has 0 aromatic rings. The van der Waals surface area contributed by atoms with Gasteiger partial charge in [0.05, 0.1) is 5.04 Å². The number of hydrogen-bond donors (Lipinski definition) is 0. The molecule has 2 aliphatic rings. The number of nitrogens with zero attached hydrogens (tertiary/aromatic N) is 1. The van der Waals surface area contributed by atoms with Crippen molar-refractivity contribution in [1.82, 2.24) is 0 Å². The van der Waals surface area contributed by atoms with Gasteiger partial charge in [-0.2, -0.15) is 0 Å². The van der Waals surface area contributed by atoms with Crippen LogP contribution in [-0.2, 0) is 0 Å². The summed E-state index contributed by atoms with van der Waals surface area (Å²) in [5, 5.41) is 1.45. The van der Waals surface area contributed by atoms with E-state index in [1.54, 1.807) is 0 Å². The average molecular weight is 197 g/mol. The second-order valence-corrected chi connectivity index (χ2v) is 5.37. The zero-order valence-electron chi connectivity index (χ0n) is 8.46. The average Bonchev–Trinajstić information content (AvgIpc) is 2.71. The lowest BCUT2D eigenvalue weighted by Gasteiger charge is -2.27. The topological polar surface area (TPSA) is 12.4 Å². The quantitative estimate of drug-likeness (QED) is 0.661. The van der Waals surface area contributed by atoms with E-state index < -0.39 is 0 Å². The molecule has 1 heterocycles. The van der Waals surface area contributed by atoms with Gasteiger partial charge in [-0.05, 0) is 18.8 Å². The van der Waals surface area contributed by atoms with Gasteiger partial charge >= 0.3 is 0 Å². The summed E-state index contributed by atoms with van der Waals surface area (Å²) in [6.07, 6.45) is 7.25. The van der Waals surface area contributed by atoms with Crippen molar-refractivity contribution in [2.75, 3.05) is 12.3 Å². The first-order valence-corrected chi connectivity index (χ1v) is 6.53. The Morgan fingerprint density at radius 2 is 2.08 bits per heavy atom. The highest BCUT2D eigenvalue weighted by atomic mass is 32.2. The van der Waals surface area contributed by atoms with Crippen molar-refractivity contribution in [1.29, 1.82) is 0 Å². The predicted molar refractivity (Wildman–Crippen MR) is 60.5 cm³/mol. The van der Waals surface area contributed by atoms with E-state index in [1.165, 1.54) is 42.9 Å². The van der Waals surface area contributed by atoms with E-state index >= 15 is 0 Å². The first kappa shape index (κ1) is 9.57. The first-order valence-electron chi connectivity index (χ1n) is 5.55. The highest BCUT2D eigenvalue weighted by molar-refractivity contribution is 8.14. The van der Waals surface area contributed by atoms with Crippen LogP contribution in [0.4, 0.5) is 0 Å². The molecule has 0 N–H and O–H groups in total. The Balaban J connectivity index is 1.90. The SMILES string of the molecule is CC(C1=NCCS1)C1CCCCC1. The molecular weight excluding hydrogens is 178 g/mol. The summed E-state index contributed by atoms with van der Waals surface area (Å²) < 4.78 is 0. The molecule has 1 aliphatic heterocycles. The molecule has 0 amide bonds. The molecular formula is C11H19NS. The maximum Gasteiger partial charge on any atom is 0.0707 e. The molecule has 1 saturated carbocycles. The Labute approximate surface area is 85.4 Å². The van der Waals surface area contributed by atoms with Gasteiger partial charge in [0.2, 0.25) is 0 Å². The van der Waals surface area contributed by atoms with E-state index in [9.17, 15) is 0 Å². The number of hydrogen-bond acceptors (Lipinski definition) is 2. The van der Waals surface area contributed by atoms with E-state index in [1.807, 2.05) is 11.8 Å². The fourth-order valence-electron chi connectivity index (χ4n) is 2.46. The van der Waals surface area contributed by atoms with Crippen LogP contribution in [0, 0.1) is 11.8 Å². The molecule has 1 fully saturated rings. The van der Waals surface area contributed by atoms with Gasteiger partial charge in [-0.25, -0.2) is 0 Å². The Hall–Kier alpha value is 0.0200. The van der Waals surface area contributed by atoms with Crippen LogP contribution in [0.25, 0.3) is 0 Å². The molecule has 1 unspecified atom stereocenters. The van der Waals surface area contributed by atoms with Crippen molar-refractivity contribution in [2.45, 2.75) is 39.0 Å². The van der Waals surface area contributed by atoms with Gasteiger partial charge in [0, 0.05) is 18.2 Å². The zero-order valence-corrected chi connectivity index (χ0v) is 9.28. The van der Waals surface area contributed by atoms with Crippen molar-refractivity contribution >= 4 is 16.8 Å². The van der Waals surface area contributed by atoms with Crippen LogP contribution in [0.2, 0.25) is 0 Å². The van der Waals surface area contributed by atoms with Crippen LogP contribution in [0.3, 0.4) is 0 Å². The largest absolute Gasteiger partial charge is 0.282 e. The summed E-state index contributed by atoms with van der Waals surface area (Å²) in [5.41, 5.74) is 0. The van der Waals surface area contributed by atoms with Crippen molar-refractivity contribution < 1.29 is 0 Å². The summed E-state index contributed by atoms with van der Waals surface area (Å²) in [5.74, 6) is 2.93. The van der Waals surface area contributed by atoms with E-state index in [0.29, 0.717) is 0 Å². The summed E-state index contributed by atoms with van der Waals surface area (Å²) >= 11 is 1.99. The number of aliphatic imine (C=N–C) groups is 1. The molecule has 0 spiro atoms. The maximum absolute atomic E-state index is 4.59. The smallest absolute Gasteiger partial charge is 0.0707 e.